The van der Waals surface area contributed by atoms with Crippen molar-refractivity contribution in [2.24, 2.45) is 0 Å². The predicted molar refractivity (Wildman–Crippen MR) is 83.3 cm³/mol. The normalized spacial score (nSPS) is 14.2. The number of nitrogens with zero attached hydrogens (tertiary/aromatic N) is 3. The van der Waals surface area contributed by atoms with Crippen molar-refractivity contribution in [3.63, 3.8) is 0 Å². The second kappa shape index (κ2) is 5.89. The summed E-state index contributed by atoms with van der Waals surface area (Å²) in [5, 5.41) is 4.88. The number of aromatic nitrogens is 2. The number of rotatable bonds is 4. The molecule has 1 aliphatic rings. The second-order valence-electron chi connectivity index (χ2n) is 5.55. The lowest BCUT2D eigenvalue weighted by Crippen LogP contribution is -2.26. The predicted octanol–water partition coefficient (Wildman–Crippen LogP) is 3.83. The van der Waals surface area contributed by atoms with Gasteiger partial charge in [0.1, 0.15) is 0 Å². The minimum Gasteiger partial charge on any atom is -0.337 e. The maximum absolute atomic E-state index is 12.4. The molecule has 1 aromatic heterocycles. The molecule has 0 spiro atoms. The van der Waals surface area contributed by atoms with Gasteiger partial charge in [0, 0.05) is 28.6 Å². The van der Waals surface area contributed by atoms with Gasteiger partial charge in [-0.3, -0.25) is 4.79 Å². The fraction of sp³-hybridized carbons (Fsp3) is 0.400. The average Bonchev–Trinajstić information content (AvgIpc) is 3.24. The summed E-state index contributed by atoms with van der Waals surface area (Å²) in [6.07, 6.45) is 2.21. The molecule has 1 amide bonds. The fourth-order valence-corrected chi connectivity index (χ4v) is 2.59. The van der Waals surface area contributed by atoms with Crippen molar-refractivity contribution < 1.29 is 9.32 Å². The molecule has 0 radical (unpaired) electrons. The van der Waals surface area contributed by atoms with E-state index in [1.807, 2.05) is 0 Å². The van der Waals surface area contributed by atoms with E-state index >= 15 is 0 Å². The van der Waals surface area contributed by atoms with Crippen LogP contribution in [-0.4, -0.2) is 28.0 Å². The van der Waals surface area contributed by atoms with Gasteiger partial charge in [-0.05, 0) is 37.5 Å². The number of hydrogen-bond acceptors (Lipinski definition) is 4. The van der Waals surface area contributed by atoms with Gasteiger partial charge in [-0.25, -0.2) is 0 Å². The molecule has 0 N–H and O–H groups in total. The molecule has 116 valence electrons. The van der Waals surface area contributed by atoms with Gasteiger partial charge in [-0.1, -0.05) is 28.4 Å². The number of amides is 1. The molecule has 1 aromatic carbocycles. The monoisotopic (exact) mass is 339 g/mol. The number of hydrogen-bond donors (Lipinski definition) is 0. The summed E-state index contributed by atoms with van der Waals surface area (Å²) in [6.45, 7) is 2.06. The molecule has 0 bridgehead atoms. The van der Waals surface area contributed by atoms with Crippen molar-refractivity contribution in [2.45, 2.75) is 32.2 Å². The van der Waals surface area contributed by atoms with Crippen molar-refractivity contribution in [1.82, 2.24) is 15.0 Å². The smallest absolute Gasteiger partial charge is 0.254 e. The van der Waals surface area contributed by atoms with Gasteiger partial charge in [-0.15, -0.1) is 0 Å². The van der Waals surface area contributed by atoms with Crippen LogP contribution in [0.1, 0.15) is 46.4 Å². The first kappa shape index (κ1) is 15.3. The standard InChI is InChI=1S/C15H15Cl2N3O2/c1-8-11(16)5-10(6-12(8)17)15(21)20(2)7-13-18-14(19-22-13)9-3-4-9/h5-6,9H,3-4,7H2,1-2H3. The summed E-state index contributed by atoms with van der Waals surface area (Å²) >= 11 is 12.2. The minimum atomic E-state index is -0.199. The van der Waals surface area contributed by atoms with Crippen LogP contribution in [0.5, 0.6) is 0 Å². The lowest BCUT2D eigenvalue weighted by atomic mass is 10.1. The third-order valence-corrected chi connectivity index (χ3v) is 4.46. The SMILES string of the molecule is Cc1c(Cl)cc(C(=O)N(C)Cc2nc(C3CC3)no2)cc1Cl. The van der Waals surface area contributed by atoms with Crippen LogP contribution < -0.4 is 0 Å². The maximum atomic E-state index is 12.4. The first-order chi connectivity index (χ1) is 10.5. The number of halogens is 2. The van der Waals surface area contributed by atoms with Crippen molar-refractivity contribution >= 4 is 29.1 Å². The van der Waals surface area contributed by atoms with Gasteiger partial charge in [0.2, 0.25) is 5.89 Å². The highest BCUT2D eigenvalue weighted by atomic mass is 35.5. The topological polar surface area (TPSA) is 59.2 Å². The zero-order valence-corrected chi connectivity index (χ0v) is 13.8. The molecule has 22 heavy (non-hydrogen) atoms. The lowest BCUT2D eigenvalue weighted by molar-refractivity contribution is 0.0769. The van der Waals surface area contributed by atoms with Crippen LogP contribution >= 0.6 is 23.2 Å². The van der Waals surface area contributed by atoms with Crippen LogP contribution in [0.2, 0.25) is 10.0 Å². The van der Waals surface area contributed by atoms with Gasteiger partial charge in [0.05, 0.1) is 6.54 Å². The number of carbonyl (C=O) groups is 1. The van der Waals surface area contributed by atoms with Crippen LogP contribution in [0.4, 0.5) is 0 Å². The van der Waals surface area contributed by atoms with E-state index in [0.717, 1.165) is 24.2 Å². The molecule has 0 aliphatic heterocycles. The number of carbonyl (C=O) groups excluding carboxylic acids is 1. The molecule has 1 saturated carbocycles. The molecule has 0 atom stereocenters. The Balaban J connectivity index is 1.73. The molecule has 2 aromatic rings. The molecule has 1 fully saturated rings. The van der Waals surface area contributed by atoms with E-state index in [1.54, 1.807) is 26.1 Å². The van der Waals surface area contributed by atoms with Gasteiger partial charge in [-0.2, -0.15) is 4.98 Å². The summed E-state index contributed by atoms with van der Waals surface area (Å²) in [7, 11) is 1.67. The highest BCUT2D eigenvalue weighted by Crippen LogP contribution is 2.38. The van der Waals surface area contributed by atoms with Gasteiger partial charge < -0.3 is 9.42 Å². The van der Waals surface area contributed by atoms with Crippen LogP contribution in [0.15, 0.2) is 16.7 Å². The van der Waals surface area contributed by atoms with Crippen molar-refractivity contribution in [1.29, 1.82) is 0 Å². The molecule has 1 aliphatic carbocycles. The first-order valence-electron chi connectivity index (χ1n) is 6.99. The van der Waals surface area contributed by atoms with Crippen molar-refractivity contribution in [2.75, 3.05) is 7.05 Å². The molecule has 0 saturated heterocycles. The maximum Gasteiger partial charge on any atom is 0.254 e. The Hall–Kier alpha value is -1.59. The van der Waals surface area contributed by atoms with E-state index in [0.29, 0.717) is 27.4 Å². The van der Waals surface area contributed by atoms with Crippen LogP contribution in [-0.2, 0) is 6.54 Å². The summed E-state index contributed by atoms with van der Waals surface area (Å²) < 4.78 is 5.18. The van der Waals surface area contributed by atoms with Gasteiger partial charge in [0.15, 0.2) is 5.82 Å². The Morgan fingerprint density at radius 3 is 2.59 bits per heavy atom. The van der Waals surface area contributed by atoms with E-state index in [9.17, 15) is 4.79 Å². The highest BCUT2D eigenvalue weighted by Gasteiger charge is 2.29. The molecule has 0 unspecified atom stereocenters. The molecular formula is C15H15Cl2N3O2. The van der Waals surface area contributed by atoms with Crippen molar-refractivity contribution in [3.8, 4) is 0 Å². The van der Waals surface area contributed by atoms with E-state index in [2.05, 4.69) is 10.1 Å². The molecule has 3 rings (SSSR count). The van der Waals surface area contributed by atoms with Crippen LogP contribution in [0.25, 0.3) is 0 Å². The Morgan fingerprint density at radius 2 is 2.00 bits per heavy atom. The third-order valence-electron chi connectivity index (χ3n) is 3.67. The molecule has 1 heterocycles. The fourth-order valence-electron chi connectivity index (χ4n) is 2.10. The van der Waals surface area contributed by atoms with Crippen LogP contribution in [0.3, 0.4) is 0 Å². The second-order valence-corrected chi connectivity index (χ2v) is 6.36. The third kappa shape index (κ3) is 3.10. The Labute approximate surface area is 138 Å². The molecule has 5 nitrogen and oxygen atoms in total. The summed E-state index contributed by atoms with van der Waals surface area (Å²) in [6, 6.07) is 3.23. The first-order valence-corrected chi connectivity index (χ1v) is 7.75. The lowest BCUT2D eigenvalue weighted by Gasteiger charge is -2.15. The minimum absolute atomic E-state index is 0.199. The Morgan fingerprint density at radius 1 is 1.36 bits per heavy atom. The molecule has 7 heteroatoms. The van der Waals surface area contributed by atoms with Gasteiger partial charge in [0.25, 0.3) is 5.91 Å². The van der Waals surface area contributed by atoms with E-state index in [4.69, 9.17) is 27.7 Å². The largest absolute Gasteiger partial charge is 0.337 e. The Kier molecular flexibility index (Phi) is 4.10. The summed E-state index contributed by atoms with van der Waals surface area (Å²) in [5.74, 6) is 1.39. The zero-order chi connectivity index (χ0) is 15.9. The quantitative estimate of drug-likeness (QED) is 0.849. The highest BCUT2D eigenvalue weighted by molar-refractivity contribution is 6.36. The van der Waals surface area contributed by atoms with E-state index in [-0.39, 0.29) is 12.5 Å². The summed E-state index contributed by atoms with van der Waals surface area (Å²) in [5.41, 5.74) is 1.19. The van der Waals surface area contributed by atoms with Crippen molar-refractivity contribution in [3.05, 3.63) is 45.0 Å². The van der Waals surface area contributed by atoms with E-state index in [1.165, 1.54) is 4.90 Å². The molecular weight excluding hydrogens is 325 g/mol. The number of benzene rings is 1. The Bertz CT molecular complexity index is 702. The van der Waals surface area contributed by atoms with E-state index < -0.39 is 0 Å². The zero-order valence-electron chi connectivity index (χ0n) is 12.3. The summed E-state index contributed by atoms with van der Waals surface area (Å²) in [4.78, 5) is 18.3. The van der Waals surface area contributed by atoms with Gasteiger partial charge >= 0.3 is 0 Å². The average molecular weight is 340 g/mol. The van der Waals surface area contributed by atoms with Crippen LogP contribution in [0, 0.1) is 6.92 Å².